The van der Waals surface area contributed by atoms with Crippen molar-refractivity contribution in [2.24, 2.45) is 11.7 Å². The molecule has 13 heavy (non-hydrogen) atoms. The number of nitrogens with zero attached hydrogens (tertiary/aromatic N) is 1. The maximum absolute atomic E-state index is 8.56. The third-order valence-electron chi connectivity index (χ3n) is 1.78. The molecule has 0 bridgehead atoms. The van der Waals surface area contributed by atoms with Crippen molar-refractivity contribution in [3.05, 3.63) is 23.7 Å². The van der Waals surface area contributed by atoms with Crippen molar-refractivity contribution in [2.75, 3.05) is 0 Å². The summed E-state index contributed by atoms with van der Waals surface area (Å²) in [6.45, 7) is 4.23. The van der Waals surface area contributed by atoms with Gasteiger partial charge in [0.1, 0.15) is 11.8 Å². The summed E-state index contributed by atoms with van der Waals surface area (Å²) in [4.78, 5) is 0. The largest absolute Gasteiger partial charge is 0.469 e. The van der Waals surface area contributed by atoms with Crippen LogP contribution in [0.15, 0.2) is 16.7 Å². The van der Waals surface area contributed by atoms with Crippen LogP contribution in [0.3, 0.4) is 0 Å². The third kappa shape index (κ3) is 2.60. The first-order valence-corrected chi connectivity index (χ1v) is 4.36. The van der Waals surface area contributed by atoms with E-state index in [0.29, 0.717) is 5.92 Å². The van der Waals surface area contributed by atoms with Gasteiger partial charge < -0.3 is 10.2 Å². The zero-order valence-electron chi connectivity index (χ0n) is 7.95. The Morgan fingerprint density at radius 2 is 2.31 bits per heavy atom. The van der Waals surface area contributed by atoms with E-state index in [0.717, 1.165) is 17.7 Å². The highest BCUT2D eigenvalue weighted by molar-refractivity contribution is 5.21. The standard InChI is InChI=1S/C10H14N2O/c1-7(2)3-9-4-8(6-13-9)10(12)5-11/h4,6-7,10H,3,12H2,1-2H3. The first-order valence-electron chi connectivity index (χ1n) is 4.36. The number of hydrogen-bond acceptors (Lipinski definition) is 3. The molecule has 70 valence electrons. The van der Waals surface area contributed by atoms with Crippen molar-refractivity contribution in [3.8, 4) is 6.07 Å². The molecule has 0 saturated heterocycles. The summed E-state index contributed by atoms with van der Waals surface area (Å²) >= 11 is 0. The van der Waals surface area contributed by atoms with Crippen LogP contribution in [0.5, 0.6) is 0 Å². The first-order chi connectivity index (χ1) is 6.13. The van der Waals surface area contributed by atoms with E-state index in [-0.39, 0.29) is 0 Å². The Morgan fingerprint density at radius 1 is 1.62 bits per heavy atom. The lowest BCUT2D eigenvalue weighted by atomic mass is 10.1. The van der Waals surface area contributed by atoms with Gasteiger partial charge >= 0.3 is 0 Å². The second kappa shape index (κ2) is 4.11. The molecular formula is C10H14N2O. The third-order valence-corrected chi connectivity index (χ3v) is 1.78. The Morgan fingerprint density at radius 3 is 2.85 bits per heavy atom. The van der Waals surface area contributed by atoms with Gasteiger partial charge in [0, 0.05) is 12.0 Å². The molecule has 1 unspecified atom stereocenters. The van der Waals surface area contributed by atoms with Gasteiger partial charge in [-0.1, -0.05) is 13.8 Å². The summed E-state index contributed by atoms with van der Waals surface area (Å²) in [7, 11) is 0. The number of nitrogens with two attached hydrogens (primary N) is 1. The molecule has 0 aromatic carbocycles. The Labute approximate surface area is 78.1 Å². The van der Waals surface area contributed by atoms with Crippen molar-refractivity contribution >= 4 is 0 Å². The van der Waals surface area contributed by atoms with Gasteiger partial charge in [-0.15, -0.1) is 0 Å². The summed E-state index contributed by atoms with van der Waals surface area (Å²) < 4.78 is 5.27. The lowest BCUT2D eigenvalue weighted by Crippen LogP contribution is -2.05. The van der Waals surface area contributed by atoms with E-state index in [1.807, 2.05) is 12.1 Å². The van der Waals surface area contributed by atoms with Crippen LogP contribution in [0, 0.1) is 17.2 Å². The Kier molecular flexibility index (Phi) is 3.10. The monoisotopic (exact) mass is 178 g/mol. The zero-order valence-corrected chi connectivity index (χ0v) is 7.95. The van der Waals surface area contributed by atoms with E-state index in [1.54, 1.807) is 6.26 Å². The van der Waals surface area contributed by atoms with Gasteiger partial charge in [-0.05, 0) is 12.0 Å². The molecule has 1 atom stereocenters. The van der Waals surface area contributed by atoms with Gasteiger partial charge in [0.15, 0.2) is 0 Å². The molecule has 2 N–H and O–H groups in total. The minimum Gasteiger partial charge on any atom is -0.469 e. The number of nitriles is 1. The molecule has 0 aliphatic carbocycles. The summed E-state index contributed by atoms with van der Waals surface area (Å²) in [5.74, 6) is 1.45. The second-order valence-electron chi connectivity index (χ2n) is 3.55. The van der Waals surface area contributed by atoms with Crippen LogP contribution in [0.25, 0.3) is 0 Å². The van der Waals surface area contributed by atoms with Gasteiger partial charge in [-0.2, -0.15) is 5.26 Å². The van der Waals surface area contributed by atoms with Gasteiger partial charge in [0.25, 0.3) is 0 Å². The van der Waals surface area contributed by atoms with Crippen molar-refractivity contribution in [1.29, 1.82) is 5.26 Å². The maximum Gasteiger partial charge on any atom is 0.121 e. The van der Waals surface area contributed by atoms with E-state index in [1.165, 1.54) is 0 Å². The summed E-state index contributed by atoms with van der Waals surface area (Å²) in [6, 6.07) is 3.26. The van der Waals surface area contributed by atoms with Crippen LogP contribution in [0.1, 0.15) is 31.2 Å². The topological polar surface area (TPSA) is 63.0 Å². The van der Waals surface area contributed by atoms with Crippen LogP contribution < -0.4 is 5.73 Å². The molecule has 0 radical (unpaired) electrons. The van der Waals surface area contributed by atoms with E-state index in [9.17, 15) is 0 Å². The van der Waals surface area contributed by atoms with Gasteiger partial charge in [0.05, 0.1) is 12.3 Å². The smallest absolute Gasteiger partial charge is 0.121 e. The van der Waals surface area contributed by atoms with Crippen molar-refractivity contribution in [3.63, 3.8) is 0 Å². The fraction of sp³-hybridized carbons (Fsp3) is 0.500. The predicted octanol–water partition coefficient (Wildman–Crippen LogP) is 2.00. The van der Waals surface area contributed by atoms with Crippen LogP contribution in [-0.4, -0.2) is 0 Å². The van der Waals surface area contributed by atoms with Gasteiger partial charge in [-0.25, -0.2) is 0 Å². The number of rotatable bonds is 3. The normalized spacial score (nSPS) is 12.8. The van der Waals surface area contributed by atoms with Crippen LogP contribution >= 0.6 is 0 Å². The average molecular weight is 178 g/mol. The van der Waals surface area contributed by atoms with E-state index < -0.39 is 6.04 Å². The van der Waals surface area contributed by atoms with Crippen LogP contribution in [0.2, 0.25) is 0 Å². The van der Waals surface area contributed by atoms with E-state index >= 15 is 0 Å². The minimum absolute atomic E-state index is 0.553. The summed E-state index contributed by atoms with van der Waals surface area (Å²) in [6.07, 6.45) is 2.45. The molecule has 1 aromatic rings. The van der Waals surface area contributed by atoms with E-state index in [2.05, 4.69) is 13.8 Å². The predicted molar refractivity (Wildman–Crippen MR) is 49.8 cm³/mol. The van der Waals surface area contributed by atoms with Crippen LogP contribution in [-0.2, 0) is 6.42 Å². The fourth-order valence-electron chi connectivity index (χ4n) is 1.14. The minimum atomic E-state index is -0.565. The van der Waals surface area contributed by atoms with Crippen molar-refractivity contribution < 1.29 is 4.42 Å². The second-order valence-corrected chi connectivity index (χ2v) is 3.55. The maximum atomic E-state index is 8.56. The zero-order chi connectivity index (χ0) is 9.84. The molecule has 3 nitrogen and oxygen atoms in total. The molecular weight excluding hydrogens is 164 g/mol. The van der Waals surface area contributed by atoms with Gasteiger partial charge in [-0.3, -0.25) is 0 Å². The Hall–Kier alpha value is -1.27. The molecule has 0 aliphatic heterocycles. The number of hydrogen-bond donors (Lipinski definition) is 1. The SMILES string of the molecule is CC(C)Cc1cc(C(N)C#N)co1. The molecule has 3 heteroatoms. The molecule has 0 aliphatic rings. The molecule has 1 rings (SSSR count). The molecule has 1 aromatic heterocycles. The Balaban J connectivity index is 2.70. The molecule has 0 fully saturated rings. The molecule has 0 amide bonds. The highest BCUT2D eigenvalue weighted by Crippen LogP contribution is 2.16. The van der Waals surface area contributed by atoms with Crippen molar-refractivity contribution in [1.82, 2.24) is 0 Å². The lowest BCUT2D eigenvalue weighted by molar-refractivity contribution is 0.471. The molecule has 0 spiro atoms. The van der Waals surface area contributed by atoms with Crippen molar-refractivity contribution in [2.45, 2.75) is 26.3 Å². The van der Waals surface area contributed by atoms with E-state index in [4.69, 9.17) is 15.4 Å². The summed E-state index contributed by atoms with van der Waals surface area (Å²) in [5.41, 5.74) is 6.28. The molecule has 1 heterocycles. The highest BCUT2D eigenvalue weighted by Gasteiger charge is 2.09. The van der Waals surface area contributed by atoms with Gasteiger partial charge in [0.2, 0.25) is 0 Å². The molecule has 0 saturated carbocycles. The first kappa shape index (κ1) is 9.82. The lowest BCUT2D eigenvalue weighted by Gasteiger charge is -1.98. The fourth-order valence-corrected chi connectivity index (χ4v) is 1.14. The highest BCUT2D eigenvalue weighted by atomic mass is 16.3. The van der Waals surface area contributed by atoms with Crippen LogP contribution in [0.4, 0.5) is 0 Å². The Bertz CT molecular complexity index is 309. The quantitative estimate of drug-likeness (QED) is 0.770. The summed E-state index contributed by atoms with van der Waals surface area (Å²) in [5, 5.41) is 8.56. The number of furan rings is 1. The average Bonchev–Trinajstić information content (AvgIpc) is 2.50.